The van der Waals surface area contributed by atoms with Crippen LogP contribution in [-0.4, -0.2) is 5.97 Å². The van der Waals surface area contributed by atoms with Gasteiger partial charge in [0, 0.05) is 0 Å². The van der Waals surface area contributed by atoms with Gasteiger partial charge in [-0.1, -0.05) is 89.7 Å². The van der Waals surface area contributed by atoms with Crippen molar-refractivity contribution in [2.24, 2.45) is 0 Å². The molecule has 1 radical (unpaired) electrons. The molecule has 0 saturated heterocycles. The second kappa shape index (κ2) is 13.8. The lowest BCUT2D eigenvalue weighted by Crippen LogP contribution is -2.11. The zero-order chi connectivity index (χ0) is 19.2. The number of hydrogen-bond acceptors (Lipinski definition) is 3. The molecule has 0 atom stereocenters. The number of benzene rings is 1. The Hall–Kier alpha value is -1.35. The van der Waals surface area contributed by atoms with Gasteiger partial charge in [0.1, 0.15) is 6.10 Å². The second-order valence-corrected chi connectivity index (χ2v) is 7.83. The molecule has 151 valence electrons. The molecule has 0 aliphatic heterocycles. The quantitative estimate of drug-likeness (QED) is 0.285. The highest BCUT2D eigenvalue weighted by atomic mass is 17.2. The summed E-state index contributed by atoms with van der Waals surface area (Å²) in [6, 6.07) is 7.74. The van der Waals surface area contributed by atoms with Gasteiger partial charge in [-0.2, -0.15) is 4.89 Å². The van der Waals surface area contributed by atoms with Crippen molar-refractivity contribution in [3.63, 3.8) is 0 Å². The first kappa shape index (κ1) is 21.9. The second-order valence-electron chi connectivity index (χ2n) is 7.83. The van der Waals surface area contributed by atoms with Crippen molar-refractivity contribution in [1.82, 2.24) is 0 Å². The minimum atomic E-state index is -0.395. The van der Waals surface area contributed by atoms with Crippen LogP contribution in [0.2, 0.25) is 0 Å². The standard InChI is InChI=1S/C24H37O3/c1-2-3-11-14-21-17-19-22(20-18-21)24(25)27-26-23-15-12-9-7-5-4-6-8-10-13-16-23/h17-20H,2-16H2,1H3. The van der Waals surface area contributed by atoms with E-state index >= 15 is 0 Å². The lowest BCUT2D eigenvalue weighted by molar-refractivity contribution is -0.237. The maximum absolute atomic E-state index is 12.3. The Morgan fingerprint density at radius 2 is 1.37 bits per heavy atom. The van der Waals surface area contributed by atoms with Gasteiger partial charge in [0.2, 0.25) is 0 Å². The maximum atomic E-state index is 12.3. The molecular formula is C24H37O3. The third-order valence-electron chi connectivity index (χ3n) is 5.41. The molecule has 0 amide bonds. The SMILES string of the molecule is CCCCCc1ccc(C(=O)OO[C]2CCCCCCCCCCC2)cc1. The van der Waals surface area contributed by atoms with E-state index in [0.29, 0.717) is 5.56 Å². The van der Waals surface area contributed by atoms with Gasteiger partial charge in [-0.15, -0.1) is 0 Å². The molecule has 1 aliphatic rings. The molecule has 0 spiro atoms. The van der Waals surface area contributed by atoms with Gasteiger partial charge in [0.15, 0.2) is 0 Å². The van der Waals surface area contributed by atoms with E-state index < -0.39 is 5.97 Å². The molecule has 27 heavy (non-hydrogen) atoms. The monoisotopic (exact) mass is 373 g/mol. The van der Waals surface area contributed by atoms with Gasteiger partial charge >= 0.3 is 5.97 Å². The van der Waals surface area contributed by atoms with Crippen molar-refractivity contribution < 1.29 is 14.6 Å². The zero-order valence-electron chi connectivity index (χ0n) is 17.1. The summed E-state index contributed by atoms with van der Waals surface area (Å²) in [4.78, 5) is 22.9. The first-order valence-corrected chi connectivity index (χ1v) is 11.1. The lowest BCUT2D eigenvalue weighted by Gasteiger charge is -2.16. The van der Waals surface area contributed by atoms with Crippen LogP contribution in [0.3, 0.4) is 0 Å². The zero-order valence-corrected chi connectivity index (χ0v) is 17.1. The highest BCUT2D eigenvalue weighted by Gasteiger charge is 2.16. The summed E-state index contributed by atoms with van der Waals surface area (Å²) in [5.74, 6) is -0.395. The Balaban J connectivity index is 1.75. The molecule has 3 heteroatoms. The summed E-state index contributed by atoms with van der Waals surface area (Å²) in [5.41, 5.74) is 1.83. The molecule has 1 fully saturated rings. The predicted molar refractivity (Wildman–Crippen MR) is 110 cm³/mol. The van der Waals surface area contributed by atoms with E-state index in [2.05, 4.69) is 6.92 Å². The topological polar surface area (TPSA) is 35.5 Å². The van der Waals surface area contributed by atoms with Gasteiger partial charge in [-0.3, -0.25) is 4.89 Å². The minimum absolute atomic E-state index is 0.395. The molecular weight excluding hydrogens is 336 g/mol. The summed E-state index contributed by atoms with van der Waals surface area (Å²) in [7, 11) is 0. The van der Waals surface area contributed by atoms with Gasteiger partial charge in [0.05, 0.1) is 5.56 Å². The van der Waals surface area contributed by atoms with Crippen LogP contribution in [0.5, 0.6) is 0 Å². The molecule has 1 aliphatic carbocycles. The third kappa shape index (κ3) is 9.41. The summed E-state index contributed by atoms with van der Waals surface area (Å²) in [6.07, 6.45) is 18.9. The van der Waals surface area contributed by atoms with Crippen molar-refractivity contribution in [2.45, 2.75) is 103 Å². The fourth-order valence-corrected chi connectivity index (χ4v) is 3.62. The summed E-state index contributed by atoms with van der Waals surface area (Å²) in [5, 5.41) is 0. The van der Waals surface area contributed by atoms with Gasteiger partial charge < -0.3 is 0 Å². The van der Waals surface area contributed by atoms with Crippen molar-refractivity contribution >= 4 is 5.97 Å². The maximum Gasteiger partial charge on any atom is 0.373 e. The molecule has 2 rings (SSSR count). The van der Waals surface area contributed by atoms with Crippen molar-refractivity contribution in [2.75, 3.05) is 0 Å². The predicted octanol–water partition coefficient (Wildman–Crippen LogP) is 7.34. The van der Waals surface area contributed by atoms with E-state index in [0.717, 1.165) is 38.2 Å². The third-order valence-corrected chi connectivity index (χ3v) is 5.41. The molecule has 0 aromatic heterocycles. The summed E-state index contributed by atoms with van der Waals surface area (Å²) >= 11 is 0. The van der Waals surface area contributed by atoms with Crippen molar-refractivity contribution in [1.29, 1.82) is 0 Å². The normalized spacial score (nSPS) is 17.7. The number of unbranched alkanes of at least 4 members (excludes halogenated alkanes) is 2. The Morgan fingerprint density at radius 1 is 0.815 bits per heavy atom. The molecule has 1 saturated carbocycles. The highest BCUT2D eigenvalue weighted by molar-refractivity contribution is 5.88. The van der Waals surface area contributed by atoms with Crippen LogP contribution >= 0.6 is 0 Å². The van der Waals surface area contributed by atoms with E-state index in [9.17, 15) is 4.79 Å². The first-order valence-electron chi connectivity index (χ1n) is 11.1. The van der Waals surface area contributed by atoms with Crippen LogP contribution in [0.1, 0.15) is 113 Å². The number of aryl methyl sites for hydroxylation is 1. The van der Waals surface area contributed by atoms with Gasteiger partial charge in [-0.25, -0.2) is 4.79 Å². The Morgan fingerprint density at radius 3 is 1.93 bits per heavy atom. The molecule has 3 nitrogen and oxygen atoms in total. The van der Waals surface area contributed by atoms with Crippen molar-refractivity contribution in [3.05, 3.63) is 41.5 Å². The van der Waals surface area contributed by atoms with Gasteiger partial charge in [-0.05, 0) is 43.4 Å². The van der Waals surface area contributed by atoms with Crippen LogP contribution < -0.4 is 0 Å². The molecule has 0 bridgehead atoms. The number of carbonyl (C=O) groups excluding carboxylic acids is 1. The summed E-state index contributed by atoms with van der Waals surface area (Å²) < 4.78 is 0. The fraction of sp³-hybridized carbons (Fsp3) is 0.667. The van der Waals surface area contributed by atoms with E-state index in [1.165, 1.54) is 69.8 Å². The van der Waals surface area contributed by atoms with Crippen LogP contribution in [-0.2, 0) is 16.2 Å². The lowest BCUT2D eigenvalue weighted by atomic mass is 9.99. The van der Waals surface area contributed by atoms with E-state index in [1.807, 2.05) is 24.3 Å². The van der Waals surface area contributed by atoms with Gasteiger partial charge in [0.25, 0.3) is 0 Å². The molecule has 0 unspecified atom stereocenters. The van der Waals surface area contributed by atoms with E-state index in [1.54, 1.807) is 0 Å². The molecule has 1 aromatic carbocycles. The average molecular weight is 374 g/mol. The average Bonchev–Trinajstić information content (AvgIpc) is 2.68. The largest absolute Gasteiger partial charge is 0.373 e. The summed E-state index contributed by atoms with van der Waals surface area (Å²) in [6.45, 7) is 2.21. The minimum Gasteiger partial charge on any atom is -0.292 e. The fourth-order valence-electron chi connectivity index (χ4n) is 3.62. The van der Waals surface area contributed by atoms with Crippen LogP contribution in [0, 0.1) is 6.10 Å². The van der Waals surface area contributed by atoms with Crippen LogP contribution in [0.15, 0.2) is 24.3 Å². The Bertz CT molecular complexity index is 497. The number of hydrogen-bond donors (Lipinski definition) is 0. The Kier molecular flexibility index (Phi) is 11.2. The molecule has 0 heterocycles. The van der Waals surface area contributed by atoms with Crippen LogP contribution in [0.25, 0.3) is 0 Å². The first-order chi connectivity index (χ1) is 13.3. The molecule has 1 aromatic rings. The smallest absolute Gasteiger partial charge is 0.292 e. The molecule has 0 N–H and O–H groups in total. The van der Waals surface area contributed by atoms with Crippen LogP contribution in [0.4, 0.5) is 0 Å². The highest BCUT2D eigenvalue weighted by Crippen LogP contribution is 2.24. The number of carbonyl (C=O) groups is 1. The van der Waals surface area contributed by atoms with E-state index in [4.69, 9.17) is 9.78 Å². The van der Waals surface area contributed by atoms with Crippen molar-refractivity contribution in [3.8, 4) is 0 Å². The number of rotatable bonds is 7. The van der Waals surface area contributed by atoms with E-state index in [-0.39, 0.29) is 0 Å². The Labute approximate surface area is 165 Å².